The molecule has 3 rings (SSSR count). The fraction of sp³-hybridized carbons (Fsp3) is 0.286. The molecule has 0 aliphatic heterocycles. The van der Waals surface area contributed by atoms with Crippen LogP contribution in [-0.2, 0) is 16.6 Å². The molecule has 1 saturated carbocycles. The largest absolute Gasteiger partial charge is 0.468 e. The monoisotopic (exact) mass is 370 g/mol. The first-order valence-corrected chi connectivity index (χ1v) is 8.81. The van der Waals surface area contributed by atoms with Crippen molar-refractivity contribution >= 4 is 31.6 Å². The van der Waals surface area contributed by atoms with Crippen molar-refractivity contribution in [2.45, 2.75) is 30.3 Å². The maximum atomic E-state index is 12.9. The number of rotatable bonds is 5. The number of nitrogens with two attached hydrogens (primary N) is 1. The highest BCUT2D eigenvalue weighted by Crippen LogP contribution is 2.35. The average molecular weight is 371 g/mol. The highest BCUT2D eigenvalue weighted by atomic mass is 79.9. The first-order chi connectivity index (χ1) is 9.98. The van der Waals surface area contributed by atoms with Crippen LogP contribution in [-0.4, -0.2) is 18.8 Å². The van der Waals surface area contributed by atoms with Crippen molar-refractivity contribution in [3.05, 3.63) is 46.8 Å². The summed E-state index contributed by atoms with van der Waals surface area (Å²) < 4.78 is 33.2. The average Bonchev–Trinajstić information content (AvgIpc) is 3.14. The molecule has 0 radical (unpaired) electrons. The molecule has 7 heteroatoms. The Kier molecular flexibility index (Phi) is 3.81. The molecule has 1 fully saturated rings. The minimum atomic E-state index is -3.65. The van der Waals surface area contributed by atoms with Crippen LogP contribution >= 0.6 is 15.9 Å². The van der Waals surface area contributed by atoms with Crippen molar-refractivity contribution in [3.8, 4) is 0 Å². The summed E-state index contributed by atoms with van der Waals surface area (Å²) in [5, 5.41) is 0. The van der Waals surface area contributed by atoms with Gasteiger partial charge in [-0.25, -0.2) is 8.42 Å². The maximum Gasteiger partial charge on any atom is 0.245 e. The molecule has 0 bridgehead atoms. The predicted octanol–water partition coefficient (Wildman–Crippen LogP) is 2.98. The Morgan fingerprint density at radius 1 is 1.33 bits per heavy atom. The zero-order chi connectivity index (χ0) is 15.0. The Balaban J connectivity index is 1.99. The van der Waals surface area contributed by atoms with Gasteiger partial charge in [0.15, 0.2) is 0 Å². The van der Waals surface area contributed by atoms with E-state index in [4.69, 9.17) is 10.2 Å². The highest BCUT2D eigenvalue weighted by molar-refractivity contribution is 9.10. The number of hydrogen-bond donors (Lipinski definition) is 1. The van der Waals surface area contributed by atoms with Gasteiger partial charge < -0.3 is 10.2 Å². The van der Waals surface area contributed by atoms with Crippen LogP contribution in [0.4, 0.5) is 5.69 Å². The number of benzene rings is 1. The van der Waals surface area contributed by atoms with Gasteiger partial charge in [-0.3, -0.25) is 0 Å². The summed E-state index contributed by atoms with van der Waals surface area (Å²) >= 11 is 3.29. The van der Waals surface area contributed by atoms with Crippen LogP contribution in [0, 0.1) is 0 Å². The summed E-state index contributed by atoms with van der Waals surface area (Å²) in [6, 6.07) is 8.41. The molecule has 2 aromatic rings. The van der Waals surface area contributed by atoms with Crippen LogP contribution in [0.2, 0.25) is 0 Å². The molecule has 0 amide bonds. The van der Waals surface area contributed by atoms with Crippen molar-refractivity contribution in [2.24, 2.45) is 0 Å². The third-order valence-electron chi connectivity index (χ3n) is 3.41. The molecule has 0 saturated heterocycles. The van der Waals surface area contributed by atoms with Gasteiger partial charge in [0.1, 0.15) is 10.7 Å². The van der Waals surface area contributed by atoms with Crippen LogP contribution in [0.15, 0.2) is 50.4 Å². The molecule has 0 unspecified atom stereocenters. The topological polar surface area (TPSA) is 76.5 Å². The van der Waals surface area contributed by atoms with E-state index in [0.717, 1.165) is 12.8 Å². The van der Waals surface area contributed by atoms with E-state index in [0.29, 0.717) is 10.2 Å². The van der Waals surface area contributed by atoms with E-state index in [2.05, 4.69) is 15.9 Å². The molecule has 1 aliphatic carbocycles. The molecule has 21 heavy (non-hydrogen) atoms. The summed E-state index contributed by atoms with van der Waals surface area (Å²) in [6.07, 6.45) is 3.28. The molecular weight excluding hydrogens is 356 g/mol. The number of furan rings is 1. The van der Waals surface area contributed by atoms with Crippen LogP contribution < -0.4 is 5.73 Å². The van der Waals surface area contributed by atoms with Crippen molar-refractivity contribution in [2.75, 3.05) is 5.73 Å². The Hall–Kier alpha value is -1.31. The van der Waals surface area contributed by atoms with Gasteiger partial charge in [-0.15, -0.1) is 0 Å². The Labute approximate surface area is 131 Å². The van der Waals surface area contributed by atoms with Gasteiger partial charge in [0.2, 0.25) is 10.0 Å². The molecule has 2 N–H and O–H groups in total. The molecule has 1 heterocycles. The van der Waals surface area contributed by atoms with E-state index < -0.39 is 10.0 Å². The molecule has 1 aromatic heterocycles. The molecule has 1 aliphatic rings. The Morgan fingerprint density at radius 3 is 2.71 bits per heavy atom. The lowest BCUT2D eigenvalue weighted by Crippen LogP contribution is -2.33. The number of halogens is 1. The van der Waals surface area contributed by atoms with Gasteiger partial charge in [-0.05, 0) is 43.2 Å². The van der Waals surface area contributed by atoms with Crippen LogP contribution in [0.5, 0.6) is 0 Å². The number of anilines is 1. The first-order valence-electron chi connectivity index (χ1n) is 6.58. The van der Waals surface area contributed by atoms with Gasteiger partial charge in [-0.1, -0.05) is 15.9 Å². The van der Waals surface area contributed by atoms with E-state index in [1.54, 1.807) is 36.6 Å². The van der Waals surface area contributed by atoms with E-state index >= 15 is 0 Å². The molecule has 0 atom stereocenters. The summed E-state index contributed by atoms with van der Waals surface area (Å²) in [5.41, 5.74) is 6.11. The van der Waals surface area contributed by atoms with E-state index in [9.17, 15) is 8.42 Å². The predicted molar refractivity (Wildman–Crippen MR) is 83.0 cm³/mol. The second kappa shape index (κ2) is 5.47. The lowest BCUT2D eigenvalue weighted by Gasteiger charge is -2.21. The second-order valence-corrected chi connectivity index (χ2v) is 7.82. The van der Waals surface area contributed by atoms with Crippen LogP contribution in [0.3, 0.4) is 0 Å². The molecule has 0 spiro atoms. The molecule has 1 aromatic carbocycles. The Bertz CT molecular complexity index is 740. The van der Waals surface area contributed by atoms with Gasteiger partial charge in [0.25, 0.3) is 0 Å². The van der Waals surface area contributed by atoms with Crippen molar-refractivity contribution < 1.29 is 12.8 Å². The lowest BCUT2D eigenvalue weighted by atomic mass is 10.3. The van der Waals surface area contributed by atoms with Gasteiger partial charge in [0.05, 0.1) is 18.5 Å². The fourth-order valence-electron chi connectivity index (χ4n) is 2.19. The summed E-state index contributed by atoms with van der Waals surface area (Å²) in [4.78, 5) is 0.135. The van der Waals surface area contributed by atoms with Crippen molar-refractivity contribution in [1.29, 1.82) is 0 Å². The van der Waals surface area contributed by atoms with Crippen LogP contribution in [0.25, 0.3) is 0 Å². The summed E-state index contributed by atoms with van der Waals surface area (Å²) in [5.74, 6) is 0.624. The van der Waals surface area contributed by atoms with E-state index in [1.165, 1.54) is 4.31 Å². The van der Waals surface area contributed by atoms with E-state index in [-0.39, 0.29) is 23.2 Å². The normalized spacial score (nSPS) is 15.5. The molecular formula is C14H15BrN2O3S. The maximum absolute atomic E-state index is 12.9. The minimum absolute atomic E-state index is 0.0264. The third-order valence-corrected chi connectivity index (χ3v) is 5.86. The van der Waals surface area contributed by atoms with Gasteiger partial charge in [-0.2, -0.15) is 4.31 Å². The zero-order valence-electron chi connectivity index (χ0n) is 11.2. The smallest absolute Gasteiger partial charge is 0.245 e. The number of sulfonamides is 1. The third kappa shape index (κ3) is 3.00. The molecule has 5 nitrogen and oxygen atoms in total. The SMILES string of the molecule is Nc1ccc(Br)cc1S(=O)(=O)N(Cc1ccco1)C1CC1. The zero-order valence-corrected chi connectivity index (χ0v) is 13.6. The van der Waals surface area contributed by atoms with E-state index in [1.807, 2.05) is 0 Å². The highest BCUT2D eigenvalue weighted by Gasteiger charge is 2.39. The quantitative estimate of drug-likeness (QED) is 0.820. The van der Waals surface area contributed by atoms with Gasteiger partial charge >= 0.3 is 0 Å². The van der Waals surface area contributed by atoms with Gasteiger partial charge in [0, 0.05) is 10.5 Å². The van der Waals surface area contributed by atoms with Crippen molar-refractivity contribution in [1.82, 2.24) is 4.31 Å². The summed E-state index contributed by atoms with van der Waals surface area (Å²) in [7, 11) is -3.65. The molecule has 112 valence electrons. The number of nitrogen functional groups attached to an aromatic ring is 1. The van der Waals surface area contributed by atoms with Crippen molar-refractivity contribution in [3.63, 3.8) is 0 Å². The first kappa shape index (κ1) is 14.6. The minimum Gasteiger partial charge on any atom is -0.468 e. The lowest BCUT2D eigenvalue weighted by molar-refractivity contribution is 0.357. The fourth-order valence-corrected chi connectivity index (χ4v) is 4.49. The number of hydrogen-bond acceptors (Lipinski definition) is 4. The number of nitrogens with zero attached hydrogens (tertiary/aromatic N) is 1. The Morgan fingerprint density at radius 2 is 2.10 bits per heavy atom. The van der Waals surface area contributed by atoms with Crippen LogP contribution in [0.1, 0.15) is 18.6 Å². The standard InChI is InChI=1S/C14H15BrN2O3S/c15-10-3-6-13(16)14(8-10)21(18,19)17(11-4-5-11)9-12-2-1-7-20-12/h1-3,6-8,11H,4-5,9,16H2. The second-order valence-electron chi connectivity index (χ2n) is 5.04. The summed E-state index contributed by atoms with van der Waals surface area (Å²) in [6.45, 7) is 0.228.